The van der Waals surface area contributed by atoms with Gasteiger partial charge in [-0.2, -0.15) is 0 Å². The molecule has 1 aromatic carbocycles. The molecular formula is C11H7ClN2O5. The third-order valence-corrected chi connectivity index (χ3v) is 2.58. The van der Waals surface area contributed by atoms with Crippen LogP contribution in [-0.2, 0) is 0 Å². The van der Waals surface area contributed by atoms with Gasteiger partial charge >= 0.3 is 0 Å². The highest BCUT2D eigenvalue weighted by Gasteiger charge is 2.19. The molecule has 2 aromatic rings. The minimum Gasteiger partial charge on any atom is -0.508 e. The average molecular weight is 283 g/mol. The molecule has 0 saturated heterocycles. The predicted octanol–water partition coefficient (Wildman–Crippen LogP) is 2.80. The molecule has 0 aliphatic rings. The lowest BCUT2D eigenvalue weighted by Gasteiger charge is -2.05. The number of carbonyl (C=O) groups is 1. The molecule has 0 aliphatic carbocycles. The molecule has 0 aliphatic heterocycles. The maximum atomic E-state index is 11.8. The van der Waals surface area contributed by atoms with Crippen LogP contribution in [0.25, 0.3) is 0 Å². The number of nitro groups is 1. The number of halogens is 1. The Hall–Kier alpha value is -2.54. The van der Waals surface area contributed by atoms with Gasteiger partial charge in [0.1, 0.15) is 11.4 Å². The minimum absolute atomic E-state index is 0.0509. The number of phenols is 1. The molecule has 19 heavy (non-hydrogen) atoms. The summed E-state index contributed by atoms with van der Waals surface area (Å²) in [5.74, 6) is -0.918. The number of amides is 1. The predicted molar refractivity (Wildman–Crippen MR) is 66.4 cm³/mol. The van der Waals surface area contributed by atoms with Crippen molar-refractivity contribution in [3.8, 4) is 5.75 Å². The fourth-order valence-electron chi connectivity index (χ4n) is 1.42. The summed E-state index contributed by atoms with van der Waals surface area (Å²) < 4.78 is 4.75. The van der Waals surface area contributed by atoms with Crippen LogP contribution < -0.4 is 5.32 Å². The van der Waals surface area contributed by atoms with E-state index in [0.29, 0.717) is 0 Å². The largest absolute Gasteiger partial charge is 0.508 e. The number of hydrogen-bond donors (Lipinski definition) is 2. The van der Waals surface area contributed by atoms with Crippen LogP contribution in [0.3, 0.4) is 0 Å². The van der Waals surface area contributed by atoms with Gasteiger partial charge in [-0.25, -0.2) is 0 Å². The van der Waals surface area contributed by atoms with E-state index in [9.17, 15) is 20.0 Å². The highest BCUT2D eigenvalue weighted by molar-refractivity contribution is 6.32. The molecule has 1 aromatic heterocycles. The zero-order valence-electron chi connectivity index (χ0n) is 9.29. The Morgan fingerprint density at radius 1 is 1.42 bits per heavy atom. The number of nitrogens with zero attached hydrogens (tertiary/aromatic N) is 1. The van der Waals surface area contributed by atoms with Crippen LogP contribution in [0, 0.1) is 10.1 Å². The summed E-state index contributed by atoms with van der Waals surface area (Å²) in [4.78, 5) is 21.9. The molecule has 0 bridgehead atoms. The lowest BCUT2D eigenvalue weighted by molar-refractivity contribution is -0.384. The number of rotatable bonds is 3. The maximum absolute atomic E-state index is 11.8. The standard InChI is InChI=1S/C11H7ClN2O5/c12-10-7(3-4-19-10)11(16)13-8-2-1-6(15)5-9(8)14(17)18/h1-5,15H,(H,13,16). The second kappa shape index (κ2) is 4.99. The van der Waals surface area contributed by atoms with Gasteiger partial charge in [0.2, 0.25) is 5.22 Å². The van der Waals surface area contributed by atoms with Gasteiger partial charge in [0.05, 0.1) is 22.8 Å². The molecule has 7 nitrogen and oxygen atoms in total. The second-order valence-electron chi connectivity index (χ2n) is 3.52. The number of hydrogen-bond acceptors (Lipinski definition) is 5. The topological polar surface area (TPSA) is 106 Å². The second-order valence-corrected chi connectivity index (χ2v) is 3.86. The molecule has 8 heteroatoms. The molecule has 0 saturated carbocycles. The Labute approximate surface area is 111 Å². The van der Waals surface area contributed by atoms with Gasteiger partial charge in [-0.1, -0.05) is 0 Å². The summed E-state index contributed by atoms with van der Waals surface area (Å²) in [5, 5.41) is 22.2. The Kier molecular flexibility index (Phi) is 3.39. The zero-order chi connectivity index (χ0) is 14.0. The van der Waals surface area contributed by atoms with Crippen molar-refractivity contribution in [2.45, 2.75) is 0 Å². The molecule has 1 amide bonds. The number of benzene rings is 1. The first-order valence-electron chi connectivity index (χ1n) is 5.01. The zero-order valence-corrected chi connectivity index (χ0v) is 10.0. The molecule has 98 valence electrons. The molecule has 0 unspecified atom stereocenters. The van der Waals surface area contributed by atoms with Crippen LogP contribution in [0.4, 0.5) is 11.4 Å². The van der Waals surface area contributed by atoms with E-state index in [2.05, 4.69) is 5.32 Å². The van der Waals surface area contributed by atoms with Crippen molar-refractivity contribution in [1.29, 1.82) is 0 Å². The molecular weight excluding hydrogens is 276 g/mol. The molecule has 2 rings (SSSR count). The van der Waals surface area contributed by atoms with E-state index in [1.54, 1.807) is 0 Å². The van der Waals surface area contributed by atoms with E-state index in [-0.39, 0.29) is 22.2 Å². The smallest absolute Gasteiger partial charge is 0.296 e. The van der Waals surface area contributed by atoms with E-state index >= 15 is 0 Å². The molecule has 0 fully saturated rings. The highest BCUT2D eigenvalue weighted by Crippen LogP contribution is 2.29. The van der Waals surface area contributed by atoms with Crippen LogP contribution in [-0.4, -0.2) is 15.9 Å². The van der Waals surface area contributed by atoms with Gasteiger partial charge in [-0.15, -0.1) is 0 Å². The summed E-state index contributed by atoms with van der Waals surface area (Å²) >= 11 is 5.63. The summed E-state index contributed by atoms with van der Waals surface area (Å²) in [7, 11) is 0. The van der Waals surface area contributed by atoms with Crippen molar-refractivity contribution in [2.75, 3.05) is 5.32 Å². The third-order valence-electron chi connectivity index (χ3n) is 2.29. The molecule has 1 heterocycles. The Balaban J connectivity index is 2.32. The molecule has 0 radical (unpaired) electrons. The van der Waals surface area contributed by atoms with Crippen LogP contribution in [0.15, 0.2) is 34.9 Å². The number of furan rings is 1. The SMILES string of the molecule is O=C(Nc1ccc(O)cc1[N+](=O)[O-])c1ccoc1Cl. The van der Waals surface area contributed by atoms with Gasteiger partial charge < -0.3 is 14.8 Å². The normalized spacial score (nSPS) is 10.2. The van der Waals surface area contributed by atoms with E-state index < -0.39 is 16.5 Å². The molecule has 0 spiro atoms. The minimum atomic E-state index is -0.716. The highest BCUT2D eigenvalue weighted by atomic mass is 35.5. The Morgan fingerprint density at radius 2 is 2.16 bits per heavy atom. The summed E-state index contributed by atoms with van der Waals surface area (Å²) in [5.41, 5.74) is -0.415. The van der Waals surface area contributed by atoms with Crippen molar-refractivity contribution < 1.29 is 19.2 Å². The maximum Gasteiger partial charge on any atom is 0.296 e. The summed E-state index contributed by atoms with van der Waals surface area (Å²) in [6.45, 7) is 0. The quantitative estimate of drug-likeness (QED) is 0.511. The number of nitrogens with one attached hydrogen (secondary N) is 1. The first-order valence-corrected chi connectivity index (χ1v) is 5.38. The Bertz CT molecular complexity index is 652. The van der Waals surface area contributed by atoms with Gasteiger partial charge in [0, 0.05) is 0 Å². The van der Waals surface area contributed by atoms with Crippen molar-refractivity contribution in [3.63, 3.8) is 0 Å². The van der Waals surface area contributed by atoms with Crippen molar-refractivity contribution in [1.82, 2.24) is 0 Å². The Morgan fingerprint density at radius 3 is 2.74 bits per heavy atom. The number of carbonyl (C=O) groups excluding carboxylic acids is 1. The van der Waals surface area contributed by atoms with Gasteiger partial charge in [-0.3, -0.25) is 14.9 Å². The monoisotopic (exact) mass is 282 g/mol. The average Bonchev–Trinajstić information content (AvgIpc) is 2.77. The van der Waals surface area contributed by atoms with Crippen molar-refractivity contribution in [2.24, 2.45) is 0 Å². The molecule has 2 N–H and O–H groups in total. The van der Waals surface area contributed by atoms with Gasteiger partial charge in [-0.05, 0) is 29.8 Å². The van der Waals surface area contributed by atoms with Crippen molar-refractivity contribution >= 4 is 28.9 Å². The van der Waals surface area contributed by atoms with Gasteiger partial charge in [0.25, 0.3) is 11.6 Å². The number of phenolic OH excluding ortho intramolecular Hbond substituents is 1. The number of nitro benzene ring substituents is 1. The van der Waals surface area contributed by atoms with Crippen LogP contribution in [0.1, 0.15) is 10.4 Å². The lowest BCUT2D eigenvalue weighted by atomic mass is 10.2. The van der Waals surface area contributed by atoms with Crippen molar-refractivity contribution in [3.05, 3.63) is 51.4 Å². The van der Waals surface area contributed by atoms with Crippen LogP contribution >= 0.6 is 11.6 Å². The first kappa shape index (κ1) is 12.9. The first-order chi connectivity index (χ1) is 8.99. The number of anilines is 1. The fourth-order valence-corrected chi connectivity index (χ4v) is 1.62. The van der Waals surface area contributed by atoms with E-state index in [0.717, 1.165) is 6.07 Å². The van der Waals surface area contributed by atoms with E-state index in [1.807, 2.05) is 0 Å². The summed E-state index contributed by atoms with van der Waals surface area (Å²) in [6, 6.07) is 4.72. The summed E-state index contributed by atoms with van der Waals surface area (Å²) in [6.07, 6.45) is 1.22. The fraction of sp³-hybridized carbons (Fsp3) is 0. The molecule has 0 atom stereocenters. The van der Waals surface area contributed by atoms with Crippen LogP contribution in [0.2, 0.25) is 5.22 Å². The van der Waals surface area contributed by atoms with E-state index in [1.165, 1.54) is 24.5 Å². The van der Waals surface area contributed by atoms with Crippen LogP contribution in [0.5, 0.6) is 5.75 Å². The van der Waals surface area contributed by atoms with E-state index in [4.69, 9.17) is 16.0 Å². The van der Waals surface area contributed by atoms with Gasteiger partial charge in [0.15, 0.2) is 0 Å². The lowest BCUT2D eigenvalue weighted by Crippen LogP contribution is -2.12. The third kappa shape index (κ3) is 2.66. The number of aromatic hydroxyl groups is 1.